The van der Waals surface area contributed by atoms with Crippen LogP contribution in [0, 0.1) is 13.8 Å². The molecule has 2 rings (SSSR count). The second-order valence-corrected chi connectivity index (χ2v) is 6.01. The molecule has 128 valence electrons. The van der Waals surface area contributed by atoms with Crippen molar-refractivity contribution < 1.29 is 9.53 Å². The molecule has 4 nitrogen and oxygen atoms in total. The van der Waals surface area contributed by atoms with Crippen LogP contribution in [0.5, 0.6) is 5.75 Å². The summed E-state index contributed by atoms with van der Waals surface area (Å²) in [6.45, 7) is 8.43. The van der Waals surface area contributed by atoms with Crippen LogP contribution in [0.25, 0.3) is 0 Å². The van der Waals surface area contributed by atoms with Gasteiger partial charge in [0.2, 0.25) is 5.91 Å². The quantitative estimate of drug-likeness (QED) is 0.786. The fraction of sp³-hybridized carbons (Fsp3) is 0.350. The van der Waals surface area contributed by atoms with E-state index in [-0.39, 0.29) is 18.6 Å². The number of carbonyl (C=O) groups excluding carboxylic acids is 1. The first kappa shape index (κ1) is 17.9. The zero-order valence-electron chi connectivity index (χ0n) is 14.8. The summed E-state index contributed by atoms with van der Waals surface area (Å²) in [5, 5.41) is 6.08. The maximum atomic E-state index is 12.2. The molecular formula is C20H26N2O2. The number of hydrogen-bond acceptors (Lipinski definition) is 3. The van der Waals surface area contributed by atoms with E-state index in [0.29, 0.717) is 0 Å². The van der Waals surface area contributed by atoms with Crippen molar-refractivity contribution in [3.8, 4) is 5.75 Å². The number of aryl methyl sites for hydroxylation is 1. The standard InChI is InChI=1S/C20H26N2O2/c1-5-15(3)24-18-10-7-9-17(12-18)22-20(23)13-21-19-11-6-8-14(2)16(19)4/h6-12,15,21H,5,13H2,1-4H3,(H,22,23). The van der Waals surface area contributed by atoms with Crippen LogP contribution in [0.3, 0.4) is 0 Å². The van der Waals surface area contributed by atoms with E-state index >= 15 is 0 Å². The van der Waals surface area contributed by atoms with Gasteiger partial charge in [-0.25, -0.2) is 0 Å². The maximum absolute atomic E-state index is 12.2. The Balaban J connectivity index is 1.92. The molecular weight excluding hydrogens is 300 g/mol. The Bertz CT molecular complexity index is 698. The Labute approximate surface area is 144 Å². The van der Waals surface area contributed by atoms with Gasteiger partial charge in [0.1, 0.15) is 5.75 Å². The third-order valence-electron chi connectivity index (χ3n) is 4.07. The maximum Gasteiger partial charge on any atom is 0.243 e. The predicted molar refractivity (Wildman–Crippen MR) is 99.9 cm³/mol. The number of amides is 1. The number of benzene rings is 2. The third-order valence-corrected chi connectivity index (χ3v) is 4.07. The molecule has 2 N–H and O–H groups in total. The minimum absolute atomic E-state index is 0.0865. The van der Waals surface area contributed by atoms with Crippen molar-refractivity contribution in [1.82, 2.24) is 0 Å². The number of hydrogen-bond donors (Lipinski definition) is 2. The zero-order chi connectivity index (χ0) is 17.5. The molecule has 0 aliphatic rings. The van der Waals surface area contributed by atoms with Crippen LogP contribution in [0.15, 0.2) is 42.5 Å². The first-order valence-corrected chi connectivity index (χ1v) is 8.36. The lowest BCUT2D eigenvalue weighted by atomic mass is 10.1. The van der Waals surface area contributed by atoms with E-state index in [0.717, 1.165) is 29.1 Å². The van der Waals surface area contributed by atoms with Gasteiger partial charge in [-0.3, -0.25) is 4.79 Å². The molecule has 0 radical (unpaired) electrons. The van der Waals surface area contributed by atoms with Gasteiger partial charge in [0.25, 0.3) is 0 Å². The Morgan fingerprint density at radius 1 is 1.17 bits per heavy atom. The molecule has 0 saturated heterocycles. The van der Waals surface area contributed by atoms with Gasteiger partial charge in [-0.15, -0.1) is 0 Å². The van der Waals surface area contributed by atoms with E-state index in [2.05, 4.69) is 30.5 Å². The lowest BCUT2D eigenvalue weighted by Crippen LogP contribution is -2.22. The summed E-state index contributed by atoms with van der Waals surface area (Å²) in [6, 6.07) is 13.5. The largest absolute Gasteiger partial charge is 0.491 e. The van der Waals surface area contributed by atoms with Gasteiger partial charge in [0.05, 0.1) is 12.6 Å². The zero-order valence-corrected chi connectivity index (χ0v) is 14.8. The molecule has 1 unspecified atom stereocenters. The smallest absolute Gasteiger partial charge is 0.243 e. The molecule has 0 aliphatic heterocycles. The molecule has 24 heavy (non-hydrogen) atoms. The predicted octanol–water partition coefficient (Wildman–Crippen LogP) is 4.53. The molecule has 1 atom stereocenters. The van der Waals surface area contributed by atoms with Gasteiger partial charge in [-0.2, -0.15) is 0 Å². The average Bonchev–Trinajstić information content (AvgIpc) is 2.56. The summed E-state index contributed by atoms with van der Waals surface area (Å²) in [5.74, 6) is 0.682. The number of rotatable bonds is 7. The number of carbonyl (C=O) groups is 1. The molecule has 0 heterocycles. The fourth-order valence-corrected chi connectivity index (χ4v) is 2.29. The number of anilines is 2. The van der Waals surface area contributed by atoms with Gasteiger partial charge in [-0.1, -0.05) is 25.1 Å². The summed E-state index contributed by atoms with van der Waals surface area (Å²) >= 11 is 0. The second-order valence-electron chi connectivity index (χ2n) is 6.01. The lowest BCUT2D eigenvalue weighted by Gasteiger charge is -2.14. The van der Waals surface area contributed by atoms with Crippen LogP contribution in [0.2, 0.25) is 0 Å². The van der Waals surface area contributed by atoms with E-state index in [9.17, 15) is 4.79 Å². The van der Waals surface area contributed by atoms with Gasteiger partial charge < -0.3 is 15.4 Å². The van der Waals surface area contributed by atoms with Crippen molar-refractivity contribution in [3.63, 3.8) is 0 Å². The molecule has 0 bridgehead atoms. The lowest BCUT2D eigenvalue weighted by molar-refractivity contribution is -0.114. The molecule has 0 fully saturated rings. The highest BCUT2D eigenvalue weighted by molar-refractivity contribution is 5.94. The van der Waals surface area contributed by atoms with Crippen molar-refractivity contribution in [1.29, 1.82) is 0 Å². The average molecular weight is 326 g/mol. The van der Waals surface area contributed by atoms with E-state index < -0.39 is 0 Å². The molecule has 2 aromatic rings. The normalized spacial score (nSPS) is 11.7. The van der Waals surface area contributed by atoms with Gasteiger partial charge in [0.15, 0.2) is 0 Å². The van der Waals surface area contributed by atoms with Crippen molar-refractivity contribution in [3.05, 3.63) is 53.6 Å². The van der Waals surface area contributed by atoms with Crippen molar-refractivity contribution >= 4 is 17.3 Å². The van der Waals surface area contributed by atoms with Crippen molar-refractivity contribution in [2.45, 2.75) is 40.2 Å². The highest BCUT2D eigenvalue weighted by Gasteiger charge is 2.06. The summed E-state index contributed by atoms with van der Waals surface area (Å²) < 4.78 is 5.78. The van der Waals surface area contributed by atoms with E-state index in [4.69, 9.17) is 4.74 Å². The van der Waals surface area contributed by atoms with Crippen LogP contribution < -0.4 is 15.4 Å². The van der Waals surface area contributed by atoms with Crippen LogP contribution >= 0.6 is 0 Å². The highest BCUT2D eigenvalue weighted by Crippen LogP contribution is 2.20. The van der Waals surface area contributed by atoms with Crippen molar-refractivity contribution in [2.24, 2.45) is 0 Å². The Morgan fingerprint density at radius 2 is 1.92 bits per heavy atom. The first-order chi connectivity index (χ1) is 11.5. The van der Waals surface area contributed by atoms with Gasteiger partial charge in [0, 0.05) is 17.4 Å². The highest BCUT2D eigenvalue weighted by atomic mass is 16.5. The Kier molecular flexibility index (Phi) is 6.24. The minimum atomic E-state index is -0.0865. The van der Waals surface area contributed by atoms with E-state index in [1.807, 2.05) is 50.2 Å². The summed E-state index contributed by atoms with van der Waals surface area (Å²) in [7, 11) is 0. The molecule has 0 spiro atoms. The first-order valence-electron chi connectivity index (χ1n) is 8.36. The van der Waals surface area contributed by atoms with E-state index in [1.165, 1.54) is 5.56 Å². The molecule has 0 aromatic heterocycles. The van der Waals surface area contributed by atoms with E-state index in [1.54, 1.807) is 0 Å². The van der Waals surface area contributed by atoms with Gasteiger partial charge in [-0.05, 0) is 56.5 Å². The van der Waals surface area contributed by atoms with Crippen molar-refractivity contribution in [2.75, 3.05) is 17.2 Å². The SMILES string of the molecule is CCC(C)Oc1cccc(NC(=O)CNc2cccc(C)c2C)c1. The number of nitrogens with one attached hydrogen (secondary N) is 2. The molecule has 1 amide bonds. The second kappa shape index (κ2) is 8.39. The third kappa shape index (κ3) is 5.01. The minimum Gasteiger partial charge on any atom is -0.491 e. The summed E-state index contributed by atoms with van der Waals surface area (Å²) in [6.07, 6.45) is 1.10. The Hall–Kier alpha value is -2.49. The summed E-state index contributed by atoms with van der Waals surface area (Å²) in [5.41, 5.74) is 4.09. The number of ether oxygens (including phenoxy) is 1. The molecule has 0 aliphatic carbocycles. The van der Waals surface area contributed by atoms with Crippen LogP contribution in [0.1, 0.15) is 31.4 Å². The fourth-order valence-electron chi connectivity index (χ4n) is 2.29. The summed E-state index contributed by atoms with van der Waals surface area (Å²) in [4.78, 5) is 12.2. The molecule has 4 heteroatoms. The van der Waals surface area contributed by atoms with Gasteiger partial charge >= 0.3 is 0 Å². The van der Waals surface area contributed by atoms with Crippen LogP contribution in [-0.2, 0) is 4.79 Å². The molecule has 0 saturated carbocycles. The Morgan fingerprint density at radius 3 is 2.67 bits per heavy atom. The molecule has 2 aromatic carbocycles. The topological polar surface area (TPSA) is 50.4 Å². The van der Waals surface area contributed by atoms with Crippen LogP contribution in [0.4, 0.5) is 11.4 Å². The monoisotopic (exact) mass is 326 g/mol. The van der Waals surface area contributed by atoms with Crippen LogP contribution in [-0.4, -0.2) is 18.6 Å².